The molecule has 2 heterocycles. The summed E-state index contributed by atoms with van der Waals surface area (Å²) >= 11 is 0. The van der Waals surface area contributed by atoms with Crippen LogP contribution in [0.15, 0.2) is 24.3 Å². The second kappa shape index (κ2) is 9.38. The number of carbonyl (C=O) groups is 2. The molecule has 1 aromatic carbocycles. The molecule has 2 aliphatic heterocycles. The van der Waals surface area contributed by atoms with Crippen LogP contribution in [0, 0.1) is 5.92 Å². The number of halogens is 1. The maximum absolute atomic E-state index is 13.2. The van der Waals surface area contributed by atoms with Gasteiger partial charge in [-0.25, -0.2) is 0 Å². The topological polar surface area (TPSA) is 52.7 Å². The van der Waals surface area contributed by atoms with Gasteiger partial charge >= 0.3 is 0 Å². The molecule has 1 aromatic rings. The highest BCUT2D eigenvalue weighted by Gasteiger charge is 2.37. The second-order valence-electron chi connectivity index (χ2n) is 7.19. The first-order valence-corrected chi connectivity index (χ1v) is 9.48. The SMILES string of the molecule is CCC(C)C(=O)N1Cc2ccccc2CC1C(=O)N1CCCNCC1.Cl. The Morgan fingerprint density at radius 1 is 1.19 bits per heavy atom. The predicted molar refractivity (Wildman–Crippen MR) is 105 cm³/mol. The monoisotopic (exact) mass is 379 g/mol. The van der Waals surface area contributed by atoms with Gasteiger partial charge in [0.1, 0.15) is 6.04 Å². The van der Waals surface area contributed by atoms with E-state index in [0.717, 1.165) is 39.0 Å². The fourth-order valence-corrected chi connectivity index (χ4v) is 3.71. The molecule has 144 valence electrons. The maximum Gasteiger partial charge on any atom is 0.245 e. The van der Waals surface area contributed by atoms with E-state index < -0.39 is 0 Å². The van der Waals surface area contributed by atoms with Crippen molar-refractivity contribution in [3.05, 3.63) is 35.4 Å². The molecule has 26 heavy (non-hydrogen) atoms. The molecule has 0 aliphatic carbocycles. The Bertz CT molecular complexity index is 629. The Morgan fingerprint density at radius 2 is 1.92 bits per heavy atom. The van der Waals surface area contributed by atoms with Crippen molar-refractivity contribution in [2.24, 2.45) is 5.92 Å². The quantitative estimate of drug-likeness (QED) is 0.876. The van der Waals surface area contributed by atoms with Crippen LogP contribution >= 0.6 is 12.4 Å². The van der Waals surface area contributed by atoms with Crippen molar-refractivity contribution in [1.82, 2.24) is 15.1 Å². The molecule has 0 aromatic heterocycles. The molecular formula is C20H30ClN3O2. The summed E-state index contributed by atoms with van der Waals surface area (Å²) in [6.07, 6.45) is 2.39. The van der Waals surface area contributed by atoms with E-state index in [4.69, 9.17) is 0 Å². The zero-order valence-corrected chi connectivity index (χ0v) is 16.6. The van der Waals surface area contributed by atoms with Gasteiger partial charge in [-0.05, 0) is 30.5 Å². The Balaban J connectivity index is 0.00000243. The molecule has 6 heteroatoms. The van der Waals surface area contributed by atoms with Crippen LogP contribution in [0.1, 0.15) is 37.8 Å². The first-order valence-electron chi connectivity index (χ1n) is 9.48. The summed E-state index contributed by atoms with van der Waals surface area (Å²) in [4.78, 5) is 30.0. The lowest BCUT2D eigenvalue weighted by atomic mass is 9.91. The van der Waals surface area contributed by atoms with Gasteiger partial charge in [0.05, 0.1) is 0 Å². The number of benzene rings is 1. The molecule has 0 saturated carbocycles. The van der Waals surface area contributed by atoms with Crippen LogP contribution in [-0.2, 0) is 22.6 Å². The normalized spacial score (nSPS) is 21.2. The van der Waals surface area contributed by atoms with E-state index in [0.29, 0.717) is 13.0 Å². The van der Waals surface area contributed by atoms with Crippen molar-refractivity contribution < 1.29 is 9.59 Å². The van der Waals surface area contributed by atoms with Gasteiger partial charge in [-0.1, -0.05) is 38.1 Å². The number of carbonyl (C=O) groups excluding carboxylic acids is 2. The van der Waals surface area contributed by atoms with Crippen molar-refractivity contribution in [2.45, 2.75) is 45.7 Å². The smallest absolute Gasteiger partial charge is 0.245 e. The fourth-order valence-electron chi connectivity index (χ4n) is 3.71. The number of fused-ring (bicyclic) bond motifs is 1. The third-order valence-corrected chi connectivity index (χ3v) is 5.50. The minimum absolute atomic E-state index is 0. The van der Waals surface area contributed by atoms with Crippen molar-refractivity contribution in [1.29, 1.82) is 0 Å². The third kappa shape index (κ3) is 4.38. The van der Waals surface area contributed by atoms with Crippen LogP contribution in [0.3, 0.4) is 0 Å². The summed E-state index contributed by atoms with van der Waals surface area (Å²) in [5.41, 5.74) is 2.36. The summed E-state index contributed by atoms with van der Waals surface area (Å²) < 4.78 is 0. The van der Waals surface area contributed by atoms with Gasteiger partial charge in [0, 0.05) is 38.5 Å². The van der Waals surface area contributed by atoms with Gasteiger partial charge in [-0.3, -0.25) is 9.59 Å². The highest BCUT2D eigenvalue weighted by Crippen LogP contribution is 2.26. The highest BCUT2D eigenvalue weighted by atomic mass is 35.5. The molecule has 1 N–H and O–H groups in total. The van der Waals surface area contributed by atoms with Crippen LogP contribution in [-0.4, -0.2) is 53.8 Å². The Hall–Kier alpha value is -1.59. The summed E-state index contributed by atoms with van der Waals surface area (Å²) in [5.74, 6) is 0.157. The average molecular weight is 380 g/mol. The Labute approximate surface area is 162 Å². The molecule has 0 radical (unpaired) electrons. The van der Waals surface area contributed by atoms with E-state index >= 15 is 0 Å². The molecule has 2 amide bonds. The van der Waals surface area contributed by atoms with Crippen LogP contribution < -0.4 is 5.32 Å². The van der Waals surface area contributed by atoms with E-state index in [1.165, 1.54) is 11.1 Å². The third-order valence-electron chi connectivity index (χ3n) is 5.50. The number of amides is 2. The minimum atomic E-state index is -0.366. The lowest BCUT2D eigenvalue weighted by Gasteiger charge is -2.39. The summed E-state index contributed by atoms with van der Waals surface area (Å²) in [6, 6.07) is 7.82. The molecule has 3 rings (SSSR count). The molecule has 1 fully saturated rings. The van der Waals surface area contributed by atoms with Gasteiger partial charge < -0.3 is 15.1 Å². The molecule has 5 nitrogen and oxygen atoms in total. The van der Waals surface area contributed by atoms with Crippen LogP contribution in [0.25, 0.3) is 0 Å². The fraction of sp³-hybridized carbons (Fsp3) is 0.600. The second-order valence-corrected chi connectivity index (χ2v) is 7.19. The van der Waals surface area contributed by atoms with Crippen molar-refractivity contribution >= 4 is 24.2 Å². The largest absolute Gasteiger partial charge is 0.340 e. The molecule has 0 spiro atoms. The lowest BCUT2D eigenvalue weighted by Crippen LogP contribution is -2.55. The van der Waals surface area contributed by atoms with Crippen molar-refractivity contribution in [3.63, 3.8) is 0 Å². The molecule has 2 atom stereocenters. The standard InChI is InChI=1S/C20H29N3O2.ClH/c1-3-15(2)19(24)23-14-17-8-5-4-7-16(17)13-18(23)20(25)22-11-6-9-21-10-12-22;/h4-5,7-8,15,18,21H,3,6,9-14H2,1-2H3;1H. The minimum Gasteiger partial charge on any atom is -0.340 e. The van der Waals surface area contributed by atoms with E-state index in [-0.39, 0.29) is 36.2 Å². The van der Waals surface area contributed by atoms with Gasteiger partial charge in [0.2, 0.25) is 11.8 Å². The summed E-state index contributed by atoms with van der Waals surface area (Å²) in [7, 11) is 0. The summed E-state index contributed by atoms with van der Waals surface area (Å²) in [5, 5.41) is 3.34. The predicted octanol–water partition coefficient (Wildman–Crippen LogP) is 2.23. The lowest BCUT2D eigenvalue weighted by molar-refractivity contribution is -0.149. The number of hydrogen-bond donors (Lipinski definition) is 1. The average Bonchev–Trinajstić information content (AvgIpc) is 2.94. The first-order chi connectivity index (χ1) is 12.1. The molecule has 2 unspecified atom stereocenters. The van der Waals surface area contributed by atoms with E-state index in [9.17, 15) is 9.59 Å². The molecular weight excluding hydrogens is 350 g/mol. The Kier molecular flexibility index (Phi) is 7.47. The van der Waals surface area contributed by atoms with Crippen LogP contribution in [0.5, 0.6) is 0 Å². The van der Waals surface area contributed by atoms with Gasteiger partial charge in [-0.15, -0.1) is 12.4 Å². The first kappa shape index (κ1) is 20.7. The van der Waals surface area contributed by atoms with Crippen LogP contribution in [0.4, 0.5) is 0 Å². The van der Waals surface area contributed by atoms with E-state index in [1.54, 1.807) is 0 Å². The summed E-state index contributed by atoms with van der Waals surface area (Å²) in [6.45, 7) is 7.80. The number of nitrogens with zero attached hydrogens (tertiary/aromatic N) is 2. The maximum atomic E-state index is 13.2. The number of rotatable bonds is 3. The van der Waals surface area contributed by atoms with E-state index in [1.807, 2.05) is 35.8 Å². The van der Waals surface area contributed by atoms with Gasteiger partial charge in [0.25, 0.3) is 0 Å². The van der Waals surface area contributed by atoms with Gasteiger partial charge in [-0.2, -0.15) is 0 Å². The van der Waals surface area contributed by atoms with Crippen LogP contribution in [0.2, 0.25) is 0 Å². The van der Waals surface area contributed by atoms with Crippen molar-refractivity contribution in [3.8, 4) is 0 Å². The highest BCUT2D eigenvalue weighted by molar-refractivity contribution is 5.89. The molecule has 2 aliphatic rings. The van der Waals surface area contributed by atoms with Gasteiger partial charge in [0.15, 0.2) is 0 Å². The number of hydrogen-bond acceptors (Lipinski definition) is 3. The molecule has 1 saturated heterocycles. The van der Waals surface area contributed by atoms with E-state index in [2.05, 4.69) is 17.4 Å². The zero-order chi connectivity index (χ0) is 17.8. The molecule has 0 bridgehead atoms. The zero-order valence-electron chi connectivity index (χ0n) is 15.7. The van der Waals surface area contributed by atoms with Crippen molar-refractivity contribution in [2.75, 3.05) is 26.2 Å². The Morgan fingerprint density at radius 3 is 2.65 bits per heavy atom. The number of nitrogens with one attached hydrogen (secondary N) is 1.